The maximum absolute atomic E-state index is 12.3. The Morgan fingerprint density at radius 3 is 2.71 bits per heavy atom. The summed E-state index contributed by atoms with van der Waals surface area (Å²) in [6.45, 7) is 7.66. The molecule has 0 aliphatic carbocycles. The van der Waals surface area contributed by atoms with Crippen LogP contribution in [0.3, 0.4) is 0 Å². The summed E-state index contributed by atoms with van der Waals surface area (Å²) in [5, 5.41) is 12.0. The molecule has 1 heterocycles. The van der Waals surface area contributed by atoms with E-state index in [2.05, 4.69) is 5.32 Å². The van der Waals surface area contributed by atoms with Crippen LogP contribution in [0.5, 0.6) is 0 Å². The maximum atomic E-state index is 12.3. The highest BCUT2D eigenvalue weighted by Gasteiger charge is 2.39. The van der Waals surface area contributed by atoms with Crippen LogP contribution in [0.2, 0.25) is 0 Å². The Labute approximate surface area is 125 Å². The molecule has 2 amide bonds. The molecule has 21 heavy (non-hydrogen) atoms. The van der Waals surface area contributed by atoms with Gasteiger partial charge in [0, 0.05) is 19.7 Å². The Kier molecular flexibility index (Phi) is 7.45. The zero-order valence-corrected chi connectivity index (χ0v) is 13.0. The number of nitrogens with zero attached hydrogens (tertiary/aromatic N) is 1. The SMILES string of the molecule is CCCN(C(=O)NCC(C)OCC)C1COCC1C(=O)O. The summed E-state index contributed by atoms with van der Waals surface area (Å²) in [5.74, 6) is -1.58. The zero-order chi connectivity index (χ0) is 15.8. The van der Waals surface area contributed by atoms with Crippen molar-refractivity contribution >= 4 is 12.0 Å². The van der Waals surface area contributed by atoms with Gasteiger partial charge in [-0.3, -0.25) is 4.79 Å². The van der Waals surface area contributed by atoms with Gasteiger partial charge in [0.2, 0.25) is 0 Å². The van der Waals surface area contributed by atoms with Gasteiger partial charge in [0.05, 0.1) is 25.4 Å². The van der Waals surface area contributed by atoms with Gasteiger partial charge in [0.1, 0.15) is 5.92 Å². The number of carbonyl (C=O) groups is 2. The second-order valence-electron chi connectivity index (χ2n) is 5.19. The summed E-state index contributed by atoms with van der Waals surface area (Å²) in [5.41, 5.74) is 0. The van der Waals surface area contributed by atoms with Gasteiger partial charge in [-0.2, -0.15) is 0 Å². The van der Waals surface area contributed by atoms with Gasteiger partial charge in [-0.05, 0) is 20.3 Å². The minimum absolute atomic E-state index is 0.0717. The predicted molar refractivity (Wildman–Crippen MR) is 77.2 cm³/mol. The minimum atomic E-state index is -0.922. The molecule has 0 aromatic carbocycles. The Bertz CT molecular complexity index is 350. The molecule has 0 radical (unpaired) electrons. The number of carbonyl (C=O) groups excluding carboxylic acids is 1. The monoisotopic (exact) mass is 302 g/mol. The average Bonchev–Trinajstić information content (AvgIpc) is 2.91. The summed E-state index contributed by atoms with van der Waals surface area (Å²) in [7, 11) is 0. The van der Waals surface area contributed by atoms with Crippen LogP contribution in [-0.4, -0.2) is 67.1 Å². The molecule has 1 rings (SSSR count). The highest BCUT2D eigenvalue weighted by atomic mass is 16.5. The van der Waals surface area contributed by atoms with E-state index in [9.17, 15) is 14.7 Å². The van der Waals surface area contributed by atoms with Crippen LogP contribution in [0.1, 0.15) is 27.2 Å². The van der Waals surface area contributed by atoms with Gasteiger partial charge in [-0.1, -0.05) is 6.92 Å². The number of nitrogens with one attached hydrogen (secondary N) is 1. The highest BCUT2D eigenvalue weighted by Crippen LogP contribution is 2.20. The molecule has 0 saturated carbocycles. The van der Waals surface area contributed by atoms with Gasteiger partial charge in [0.15, 0.2) is 0 Å². The van der Waals surface area contributed by atoms with Crippen LogP contribution in [0.4, 0.5) is 4.79 Å². The molecule has 3 atom stereocenters. The number of urea groups is 1. The molecular formula is C14H26N2O5. The lowest BCUT2D eigenvalue weighted by Crippen LogP contribution is -2.52. The number of amides is 2. The van der Waals surface area contributed by atoms with Crippen molar-refractivity contribution < 1.29 is 24.2 Å². The standard InChI is InChI=1S/C14H26N2O5/c1-4-6-16(12-9-20-8-11(12)13(17)18)14(19)15-7-10(3)21-5-2/h10-12H,4-9H2,1-3H3,(H,15,19)(H,17,18). The van der Waals surface area contributed by atoms with Gasteiger partial charge in [-0.15, -0.1) is 0 Å². The second-order valence-corrected chi connectivity index (χ2v) is 5.19. The fraction of sp³-hybridized carbons (Fsp3) is 0.857. The number of rotatable bonds is 8. The van der Waals surface area contributed by atoms with Gasteiger partial charge in [0.25, 0.3) is 0 Å². The molecule has 0 spiro atoms. The number of carboxylic acid groups (broad SMARTS) is 1. The lowest BCUT2D eigenvalue weighted by atomic mass is 10.0. The second kappa shape index (κ2) is 8.84. The lowest BCUT2D eigenvalue weighted by molar-refractivity contribution is -0.142. The number of hydrogen-bond acceptors (Lipinski definition) is 4. The van der Waals surface area contributed by atoms with Crippen LogP contribution in [0, 0.1) is 5.92 Å². The molecule has 1 aliphatic rings. The zero-order valence-electron chi connectivity index (χ0n) is 13.0. The Morgan fingerprint density at radius 2 is 2.14 bits per heavy atom. The molecule has 1 saturated heterocycles. The van der Waals surface area contributed by atoms with Crippen LogP contribution in [0.25, 0.3) is 0 Å². The van der Waals surface area contributed by atoms with Crippen LogP contribution >= 0.6 is 0 Å². The number of carboxylic acids is 1. The third kappa shape index (κ3) is 5.17. The predicted octanol–water partition coefficient (Wildman–Crippen LogP) is 0.933. The molecule has 0 aromatic rings. The van der Waals surface area contributed by atoms with E-state index < -0.39 is 17.9 Å². The molecule has 0 bridgehead atoms. The van der Waals surface area contributed by atoms with Crippen molar-refractivity contribution in [1.82, 2.24) is 10.2 Å². The number of aliphatic carboxylic acids is 1. The summed E-state index contributed by atoms with van der Waals surface area (Å²) in [6, 6.07) is -0.671. The van der Waals surface area contributed by atoms with E-state index in [0.29, 0.717) is 19.7 Å². The summed E-state index contributed by atoms with van der Waals surface area (Å²) in [4.78, 5) is 25.1. The molecule has 3 unspecified atom stereocenters. The van der Waals surface area contributed by atoms with E-state index in [1.807, 2.05) is 20.8 Å². The Morgan fingerprint density at radius 1 is 1.43 bits per heavy atom. The molecule has 2 N–H and O–H groups in total. The van der Waals surface area contributed by atoms with Crippen molar-refractivity contribution in [3.8, 4) is 0 Å². The molecule has 1 aliphatic heterocycles. The van der Waals surface area contributed by atoms with Gasteiger partial charge in [-0.25, -0.2) is 4.79 Å². The first kappa shape index (κ1) is 17.7. The van der Waals surface area contributed by atoms with E-state index in [-0.39, 0.29) is 25.3 Å². The van der Waals surface area contributed by atoms with Crippen molar-refractivity contribution in [2.75, 3.05) is 32.9 Å². The Hall–Kier alpha value is -1.34. The van der Waals surface area contributed by atoms with E-state index in [1.54, 1.807) is 4.90 Å². The van der Waals surface area contributed by atoms with Crippen LogP contribution in [-0.2, 0) is 14.3 Å². The van der Waals surface area contributed by atoms with Crippen molar-refractivity contribution in [3.05, 3.63) is 0 Å². The van der Waals surface area contributed by atoms with E-state index in [4.69, 9.17) is 9.47 Å². The van der Waals surface area contributed by atoms with E-state index in [1.165, 1.54) is 0 Å². The summed E-state index contributed by atoms with van der Waals surface area (Å²) >= 11 is 0. The fourth-order valence-corrected chi connectivity index (χ4v) is 2.42. The van der Waals surface area contributed by atoms with Crippen LogP contribution < -0.4 is 5.32 Å². The molecule has 7 nitrogen and oxygen atoms in total. The number of hydrogen-bond donors (Lipinski definition) is 2. The molecule has 0 aromatic heterocycles. The lowest BCUT2D eigenvalue weighted by Gasteiger charge is -2.30. The molecule has 122 valence electrons. The van der Waals surface area contributed by atoms with Gasteiger partial charge < -0.3 is 24.8 Å². The largest absolute Gasteiger partial charge is 0.481 e. The highest BCUT2D eigenvalue weighted by molar-refractivity contribution is 5.77. The molecule has 1 fully saturated rings. The third-order valence-corrected chi connectivity index (χ3v) is 3.49. The Balaban J connectivity index is 2.63. The summed E-state index contributed by atoms with van der Waals surface area (Å²) < 4.78 is 10.6. The maximum Gasteiger partial charge on any atom is 0.317 e. The quantitative estimate of drug-likeness (QED) is 0.696. The first-order chi connectivity index (χ1) is 10.0. The topological polar surface area (TPSA) is 88.1 Å². The first-order valence-electron chi connectivity index (χ1n) is 7.47. The van der Waals surface area contributed by atoms with Crippen LogP contribution in [0.15, 0.2) is 0 Å². The van der Waals surface area contributed by atoms with E-state index in [0.717, 1.165) is 6.42 Å². The molecule has 7 heteroatoms. The average molecular weight is 302 g/mol. The van der Waals surface area contributed by atoms with Crippen molar-refractivity contribution in [2.24, 2.45) is 5.92 Å². The van der Waals surface area contributed by atoms with Crippen molar-refractivity contribution in [1.29, 1.82) is 0 Å². The van der Waals surface area contributed by atoms with Crippen molar-refractivity contribution in [3.63, 3.8) is 0 Å². The molecular weight excluding hydrogens is 276 g/mol. The smallest absolute Gasteiger partial charge is 0.317 e. The minimum Gasteiger partial charge on any atom is -0.481 e. The first-order valence-corrected chi connectivity index (χ1v) is 7.47. The van der Waals surface area contributed by atoms with Crippen molar-refractivity contribution in [2.45, 2.75) is 39.3 Å². The third-order valence-electron chi connectivity index (χ3n) is 3.49. The van der Waals surface area contributed by atoms with Gasteiger partial charge >= 0.3 is 12.0 Å². The van der Waals surface area contributed by atoms with E-state index >= 15 is 0 Å². The summed E-state index contributed by atoms with van der Waals surface area (Å²) in [6.07, 6.45) is 0.689. The fourth-order valence-electron chi connectivity index (χ4n) is 2.42. The number of ether oxygens (including phenoxy) is 2. The normalized spacial score (nSPS) is 22.8.